The minimum absolute atomic E-state index is 0. The molecule has 2 aliphatic heterocycles. The Labute approximate surface area is 187 Å². The number of rotatable bonds is 6. The maximum absolute atomic E-state index is 12.2. The van der Waals surface area contributed by atoms with Gasteiger partial charge in [0.2, 0.25) is 5.91 Å². The normalized spacial score (nSPS) is 24.7. The summed E-state index contributed by atoms with van der Waals surface area (Å²) in [6.45, 7) is 9.32. The predicted octanol–water partition coefficient (Wildman–Crippen LogP) is 1.82. The van der Waals surface area contributed by atoms with E-state index < -0.39 is 0 Å². The van der Waals surface area contributed by atoms with Crippen LogP contribution in [0.1, 0.15) is 51.9 Å². The summed E-state index contributed by atoms with van der Waals surface area (Å²) in [4.78, 5) is 21.8. The molecule has 28 heavy (non-hydrogen) atoms. The topological polar surface area (TPSA) is 69.2 Å². The average molecular weight is 507 g/mol. The number of guanidine groups is 1. The monoisotopic (exact) mass is 507 g/mol. The number of amides is 1. The van der Waals surface area contributed by atoms with Gasteiger partial charge in [0, 0.05) is 51.2 Å². The number of nitrogens with one attached hydrogen (secondary N) is 2. The van der Waals surface area contributed by atoms with E-state index in [4.69, 9.17) is 9.73 Å². The fourth-order valence-corrected chi connectivity index (χ4v) is 4.41. The summed E-state index contributed by atoms with van der Waals surface area (Å²) in [6.07, 6.45) is 7.71. The highest BCUT2D eigenvalue weighted by Crippen LogP contribution is 2.18. The van der Waals surface area contributed by atoms with E-state index in [0.29, 0.717) is 25.0 Å². The lowest BCUT2D eigenvalue weighted by Crippen LogP contribution is -2.46. The zero-order chi connectivity index (χ0) is 18.9. The van der Waals surface area contributed by atoms with Crippen LogP contribution in [0.5, 0.6) is 0 Å². The van der Waals surface area contributed by atoms with Gasteiger partial charge < -0.3 is 20.3 Å². The standard InChI is InChI=1S/C20H37N5O2.HI/c1-2-21-20(22-10-8-19(26)23-17-6-4-3-5-7-17)25-11-9-18(16-25)24-12-14-27-15-13-24;/h17-18H,2-16H2,1H3,(H,21,22)(H,23,26);1H. The molecule has 162 valence electrons. The van der Waals surface area contributed by atoms with Crippen LogP contribution in [-0.4, -0.2) is 86.2 Å². The van der Waals surface area contributed by atoms with Crippen LogP contribution in [0.2, 0.25) is 0 Å². The molecule has 0 aromatic heterocycles. The van der Waals surface area contributed by atoms with Crippen LogP contribution in [0, 0.1) is 0 Å². The molecule has 3 rings (SSSR count). The molecule has 0 aromatic rings. The molecule has 8 heteroatoms. The van der Waals surface area contributed by atoms with Crippen LogP contribution >= 0.6 is 24.0 Å². The first kappa shape index (κ1) is 23.7. The number of carbonyl (C=O) groups excluding carboxylic acids is 1. The highest BCUT2D eigenvalue weighted by Gasteiger charge is 2.30. The minimum atomic E-state index is 0. The van der Waals surface area contributed by atoms with E-state index in [1.54, 1.807) is 0 Å². The molecule has 7 nitrogen and oxygen atoms in total. The van der Waals surface area contributed by atoms with Gasteiger partial charge in [-0.3, -0.25) is 14.7 Å². The maximum Gasteiger partial charge on any atom is 0.222 e. The average Bonchev–Trinajstić information content (AvgIpc) is 3.19. The van der Waals surface area contributed by atoms with Crippen LogP contribution in [-0.2, 0) is 9.53 Å². The van der Waals surface area contributed by atoms with Gasteiger partial charge in [0.15, 0.2) is 5.96 Å². The van der Waals surface area contributed by atoms with Gasteiger partial charge in [-0.1, -0.05) is 19.3 Å². The quantitative estimate of drug-likeness (QED) is 0.326. The summed E-state index contributed by atoms with van der Waals surface area (Å²) in [7, 11) is 0. The lowest BCUT2D eigenvalue weighted by Gasteiger charge is -2.32. The summed E-state index contributed by atoms with van der Waals surface area (Å²) in [6, 6.07) is 0.976. The van der Waals surface area contributed by atoms with E-state index >= 15 is 0 Å². The Balaban J connectivity index is 0.00000280. The van der Waals surface area contributed by atoms with Crippen molar-refractivity contribution in [1.82, 2.24) is 20.4 Å². The van der Waals surface area contributed by atoms with Gasteiger partial charge in [0.05, 0.1) is 19.8 Å². The number of hydrogen-bond acceptors (Lipinski definition) is 4. The Hall–Kier alpha value is -0.610. The first-order chi connectivity index (χ1) is 13.3. The van der Waals surface area contributed by atoms with Crippen molar-refractivity contribution in [3.8, 4) is 0 Å². The second kappa shape index (κ2) is 12.8. The van der Waals surface area contributed by atoms with E-state index in [9.17, 15) is 4.79 Å². The van der Waals surface area contributed by atoms with E-state index in [0.717, 1.165) is 64.7 Å². The number of carbonyl (C=O) groups is 1. The zero-order valence-corrected chi connectivity index (χ0v) is 19.7. The molecular weight excluding hydrogens is 469 g/mol. The van der Waals surface area contributed by atoms with Crippen molar-refractivity contribution in [2.45, 2.75) is 64.0 Å². The van der Waals surface area contributed by atoms with E-state index in [1.165, 1.54) is 25.7 Å². The Bertz CT molecular complexity index is 493. The van der Waals surface area contributed by atoms with Gasteiger partial charge in [-0.2, -0.15) is 0 Å². The number of halogens is 1. The van der Waals surface area contributed by atoms with Crippen molar-refractivity contribution in [2.75, 3.05) is 52.5 Å². The molecule has 1 saturated carbocycles. The van der Waals surface area contributed by atoms with Gasteiger partial charge >= 0.3 is 0 Å². The van der Waals surface area contributed by atoms with Gasteiger partial charge in [0.1, 0.15) is 0 Å². The molecule has 2 saturated heterocycles. The second-order valence-corrected chi connectivity index (χ2v) is 7.92. The van der Waals surface area contributed by atoms with Crippen LogP contribution < -0.4 is 10.6 Å². The Morgan fingerprint density at radius 3 is 2.57 bits per heavy atom. The molecule has 3 fully saturated rings. The molecule has 0 radical (unpaired) electrons. The molecule has 1 atom stereocenters. The minimum Gasteiger partial charge on any atom is -0.379 e. The summed E-state index contributed by atoms with van der Waals surface area (Å²) < 4.78 is 5.47. The van der Waals surface area contributed by atoms with Crippen LogP contribution in [0.25, 0.3) is 0 Å². The first-order valence-corrected chi connectivity index (χ1v) is 10.9. The van der Waals surface area contributed by atoms with Crippen molar-refractivity contribution >= 4 is 35.8 Å². The molecule has 2 N–H and O–H groups in total. The van der Waals surface area contributed by atoms with Gasteiger partial charge in [-0.05, 0) is 26.2 Å². The summed E-state index contributed by atoms with van der Waals surface area (Å²) in [5.74, 6) is 1.10. The molecule has 0 bridgehead atoms. The van der Waals surface area contributed by atoms with E-state index in [2.05, 4.69) is 27.4 Å². The zero-order valence-electron chi connectivity index (χ0n) is 17.3. The van der Waals surface area contributed by atoms with Crippen LogP contribution in [0.15, 0.2) is 4.99 Å². The predicted molar refractivity (Wildman–Crippen MR) is 123 cm³/mol. The number of ether oxygens (including phenoxy) is 1. The number of likely N-dealkylation sites (tertiary alicyclic amines) is 1. The van der Waals surface area contributed by atoms with E-state index in [1.807, 2.05) is 0 Å². The largest absolute Gasteiger partial charge is 0.379 e. The Kier molecular flexibility index (Phi) is 10.9. The Morgan fingerprint density at radius 1 is 1.11 bits per heavy atom. The summed E-state index contributed by atoms with van der Waals surface area (Å²) in [5.41, 5.74) is 0. The lowest BCUT2D eigenvalue weighted by molar-refractivity contribution is -0.121. The third-order valence-corrected chi connectivity index (χ3v) is 5.93. The second-order valence-electron chi connectivity index (χ2n) is 7.92. The van der Waals surface area contributed by atoms with Gasteiger partial charge in [0.25, 0.3) is 0 Å². The highest BCUT2D eigenvalue weighted by molar-refractivity contribution is 14.0. The molecule has 1 unspecified atom stereocenters. The van der Waals surface area contributed by atoms with Gasteiger partial charge in [-0.15, -0.1) is 24.0 Å². The van der Waals surface area contributed by atoms with Crippen molar-refractivity contribution in [3.63, 3.8) is 0 Å². The van der Waals surface area contributed by atoms with Crippen molar-refractivity contribution in [3.05, 3.63) is 0 Å². The number of nitrogens with zero attached hydrogens (tertiary/aromatic N) is 3. The molecular formula is C20H38IN5O2. The molecule has 0 aromatic carbocycles. The van der Waals surface area contributed by atoms with Crippen molar-refractivity contribution < 1.29 is 9.53 Å². The van der Waals surface area contributed by atoms with Crippen LogP contribution in [0.4, 0.5) is 0 Å². The molecule has 1 amide bonds. The molecule has 0 spiro atoms. The van der Waals surface area contributed by atoms with Crippen molar-refractivity contribution in [2.24, 2.45) is 4.99 Å². The SMILES string of the molecule is CCNC(=NCCC(=O)NC1CCCCC1)N1CCC(N2CCOCC2)C1.I. The Morgan fingerprint density at radius 2 is 1.86 bits per heavy atom. The first-order valence-electron chi connectivity index (χ1n) is 10.9. The third kappa shape index (κ3) is 7.33. The molecule has 2 heterocycles. The number of aliphatic imine (C=N–C) groups is 1. The number of morpholine rings is 1. The fraction of sp³-hybridized carbons (Fsp3) is 0.900. The van der Waals surface area contributed by atoms with Crippen molar-refractivity contribution in [1.29, 1.82) is 0 Å². The smallest absolute Gasteiger partial charge is 0.222 e. The highest BCUT2D eigenvalue weighted by atomic mass is 127. The number of hydrogen-bond donors (Lipinski definition) is 2. The lowest BCUT2D eigenvalue weighted by atomic mass is 9.95. The summed E-state index contributed by atoms with van der Waals surface area (Å²) >= 11 is 0. The fourth-order valence-electron chi connectivity index (χ4n) is 4.41. The van der Waals surface area contributed by atoms with Crippen LogP contribution in [0.3, 0.4) is 0 Å². The maximum atomic E-state index is 12.2. The molecule has 3 aliphatic rings. The van der Waals surface area contributed by atoms with E-state index in [-0.39, 0.29) is 29.9 Å². The molecule has 1 aliphatic carbocycles. The third-order valence-electron chi connectivity index (χ3n) is 5.93. The summed E-state index contributed by atoms with van der Waals surface area (Å²) in [5, 5.41) is 6.59. The van der Waals surface area contributed by atoms with Gasteiger partial charge in [-0.25, -0.2) is 0 Å².